The van der Waals surface area contributed by atoms with Crippen LogP contribution in [0.1, 0.15) is 4.88 Å². The van der Waals surface area contributed by atoms with E-state index in [1.54, 1.807) is 23.3 Å². The van der Waals surface area contributed by atoms with Crippen LogP contribution in [0.15, 0.2) is 24.3 Å². The number of hydrogen-bond donors (Lipinski definition) is 1. The fourth-order valence-corrected chi connectivity index (χ4v) is 3.70. The van der Waals surface area contributed by atoms with Crippen molar-refractivity contribution in [2.45, 2.75) is 6.92 Å². The molecule has 1 N–H and O–H groups in total. The smallest absolute Gasteiger partial charge is 0.264 e. The zero-order chi connectivity index (χ0) is 16.8. The summed E-state index contributed by atoms with van der Waals surface area (Å²) in [7, 11) is 1.73. The fourth-order valence-electron chi connectivity index (χ4n) is 2.60. The van der Waals surface area contributed by atoms with Crippen LogP contribution in [-0.4, -0.2) is 29.5 Å². The first kappa shape index (κ1) is 15.2. The zero-order valence-electron chi connectivity index (χ0n) is 13.0. The molecule has 0 atom stereocenters. The largest absolute Gasteiger partial charge is 0.482 e. The van der Waals surface area contributed by atoms with Crippen LogP contribution in [0.5, 0.6) is 5.75 Å². The van der Waals surface area contributed by atoms with Gasteiger partial charge in [0.25, 0.3) is 5.91 Å². The van der Waals surface area contributed by atoms with Crippen molar-refractivity contribution in [3.63, 3.8) is 0 Å². The zero-order valence-corrected chi connectivity index (χ0v) is 14.5. The molecule has 4 rings (SSSR count). The molecule has 2 aromatic heterocycles. The van der Waals surface area contributed by atoms with Crippen LogP contribution in [-0.2, 0) is 4.79 Å². The van der Waals surface area contributed by atoms with Gasteiger partial charge in [-0.05, 0) is 42.8 Å². The Morgan fingerprint density at radius 2 is 2.17 bits per heavy atom. The maximum atomic E-state index is 11.8. The van der Waals surface area contributed by atoms with Crippen LogP contribution >= 0.6 is 22.9 Å². The number of thiophene rings is 1. The molecule has 0 saturated carbocycles. The number of aryl methyl sites for hydroxylation is 1. The van der Waals surface area contributed by atoms with Gasteiger partial charge in [-0.3, -0.25) is 4.79 Å². The first-order valence-electron chi connectivity index (χ1n) is 7.25. The van der Waals surface area contributed by atoms with Gasteiger partial charge in [-0.1, -0.05) is 0 Å². The molecule has 122 valence electrons. The second kappa shape index (κ2) is 5.61. The highest BCUT2D eigenvalue weighted by Gasteiger charge is 2.22. The molecule has 0 fully saturated rings. The van der Waals surface area contributed by atoms with Crippen molar-refractivity contribution in [1.82, 2.24) is 9.97 Å². The van der Waals surface area contributed by atoms with Crippen LogP contribution in [0.25, 0.3) is 10.2 Å². The fraction of sp³-hybridized carbons (Fsp3) is 0.188. The summed E-state index contributed by atoms with van der Waals surface area (Å²) in [5, 5.41) is 4.38. The summed E-state index contributed by atoms with van der Waals surface area (Å²) in [5.41, 5.74) is 1.51. The quantitative estimate of drug-likeness (QED) is 0.705. The topological polar surface area (TPSA) is 67.4 Å². The molecule has 1 amide bonds. The standard InChI is InChI=1S/C16H13ClN4O2S/c1-8-5-10-14(19-16(17)20-15(10)24-8)18-9-3-4-12-11(6-9)21(2)13(22)7-23-12/h3-6H,7H2,1-2H3,(H,18,19,20). The number of halogens is 1. The maximum absolute atomic E-state index is 11.8. The number of ether oxygens (including phenoxy) is 1. The summed E-state index contributed by atoms with van der Waals surface area (Å²) in [4.78, 5) is 23.9. The average Bonchev–Trinajstić information content (AvgIpc) is 2.92. The Hall–Kier alpha value is -2.38. The summed E-state index contributed by atoms with van der Waals surface area (Å²) >= 11 is 7.59. The van der Waals surface area contributed by atoms with Crippen molar-refractivity contribution in [2.75, 3.05) is 23.9 Å². The lowest BCUT2D eigenvalue weighted by Crippen LogP contribution is -2.35. The molecular weight excluding hydrogens is 348 g/mol. The van der Waals surface area contributed by atoms with Crippen molar-refractivity contribution in [3.05, 3.63) is 34.4 Å². The van der Waals surface area contributed by atoms with Gasteiger partial charge in [-0.15, -0.1) is 11.3 Å². The molecule has 0 radical (unpaired) electrons. The molecule has 1 aliphatic rings. The predicted octanol–water partition coefficient (Wildman–Crippen LogP) is 3.75. The van der Waals surface area contributed by atoms with Gasteiger partial charge in [-0.25, -0.2) is 4.98 Å². The number of nitrogens with one attached hydrogen (secondary N) is 1. The highest BCUT2D eigenvalue weighted by molar-refractivity contribution is 7.18. The minimum atomic E-state index is -0.0828. The number of anilines is 3. The van der Waals surface area contributed by atoms with Crippen molar-refractivity contribution in [1.29, 1.82) is 0 Å². The number of carbonyl (C=O) groups excluding carboxylic acids is 1. The summed E-state index contributed by atoms with van der Waals surface area (Å²) in [6, 6.07) is 7.59. The van der Waals surface area contributed by atoms with Crippen LogP contribution in [0.4, 0.5) is 17.2 Å². The van der Waals surface area contributed by atoms with Crippen molar-refractivity contribution in [3.8, 4) is 5.75 Å². The molecule has 6 nitrogen and oxygen atoms in total. The molecule has 0 unspecified atom stereocenters. The van der Waals surface area contributed by atoms with Gasteiger partial charge in [0.05, 0.1) is 11.1 Å². The van der Waals surface area contributed by atoms with Crippen LogP contribution in [0, 0.1) is 6.92 Å². The molecule has 1 aliphatic heterocycles. The number of amides is 1. The van der Waals surface area contributed by atoms with E-state index in [2.05, 4.69) is 15.3 Å². The number of nitrogens with zero attached hydrogens (tertiary/aromatic N) is 3. The summed E-state index contributed by atoms with van der Waals surface area (Å²) < 4.78 is 5.44. The lowest BCUT2D eigenvalue weighted by atomic mass is 10.2. The molecule has 3 aromatic rings. The Labute approximate surface area is 147 Å². The van der Waals surface area contributed by atoms with Gasteiger partial charge in [-0.2, -0.15) is 4.98 Å². The van der Waals surface area contributed by atoms with Crippen LogP contribution in [0.2, 0.25) is 5.28 Å². The number of aromatic nitrogens is 2. The Morgan fingerprint density at radius 3 is 3.00 bits per heavy atom. The third-order valence-electron chi connectivity index (χ3n) is 3.80. The minimum absolute atomic E-state index is 0.0621. The molecule has 0 saturated heterocycles. The number of carbonyl (C=O) groups is 1. The molecule has 1 aromatic carbocycles. The molecule has 24 heavy (non-hydrogen) atoms. The summed E-state index contributed by atoms with van der Waals surface area (Å²) in [6.07, 6.45) is 0. The van der Waals surface area contributed by atoms with Gasteiger partial charge >= 0.3 is 0 Å². The number of rotatable bonds is 2. The van der Waals surface area contributed by atoms with Crippen molar-refractivity contribution >= 4 is 56.3 Å². The maximum Gasteiger partial charge on any atom is 0.264 e. The van der Waals surface area contributed by atoms with Gasteiger partial charge in [0.1, 0.15) is 16.4 Å². The second-order valence-corrected chi connectivity index (χ2v) is 7.04. The minimum Gasteiger partial charge on any atom is -0.482 e. The molecule has 0 aliphatic carbocycles. The highest BCUT2D eigenvalue weighted by Crippen LogP contribution is 2.36. The van der Waals surface area contributed by atoms with E-state index >= 15 is 0 Å². The lowest BCUT2D eigenvalue weighted by molar-refractivity contribution is -0.120. The van der Waals surface area contributed by atoms with E-state index in [9.17, 15) is 4.79 Å². The number of hydrogen-bond acceptors (Lipinski definition) is 6. The highest BCUT2D eigenvalue weighted by atomic mass is 35.5. The Bertz CT molecular complexity index is 972. The van der Waals surface area contributed by atoms with E-state index < -0.39 is 0 Å². The molecular formula is C16H13ClN4O2S. The monoisotopic (exact) mass is 360 g/mol. The number of likely N-dealkylation sites (N-methyl/N-ethyl adjacent to an activating group) is 1. The SMILES string of the molecule is Cc1cc2c(Nc3ccc4c(c3)N(C)C(=O)CO4)nc(Cl)nc2s1. The van der Waals surface area contributed by atoms with Crippen molar-refractivity contribution < 1.29 is 9.53 Å². The van der Waals surface area contributed by atoms with E-state index in [-0.39, 0.29) is 17.8 Å². The third kappa shape index (κ3) is 2.55. The third-order valence-corrected chi connectivity index (χ3v) is 4.91. The first-order chi connectivity index (χ1) is 11.5. The predicted molar refractivity (Wildman–Crippen MR) is 95.8 cm³/mol. The second-order valence-electron chi connectivity index (χ2n) is 5.47. The molecule has 8 heteroatoms. The molecule has 3 heterocycles. The van der Waals surface area contributed by atoms with E-state index in [1.807, 2.05) is 31.2 Å². The van der Waals surface area contributed by atoms with Gasteiger partial charge in [0.2, 0.25) is 5.28 Å². The Balaban J connectivity index is 1.75. The summed E-state index contributed by atoms with van der Waals surface area (Å²) in [5.74, 6) is 1.24. The normalized spacial score (nSPS) is 13.8. The lowest BCUT2D eigenvalue weighted by Gasteiger charge is -2.26. The Morgan fingerprint density at radius 1 is 1.33 bits per heavy atom. The molecule has 0 bridgehead atoms. The first-order valence-corrected chi connectivity index (χ1v) is 8.45. The van der Waals surface area contributed by atoms with Gasteiger partial charge in [0, 0.05) is 17.6 Å². The average molecular weight is 361 g/mol. The van der Waals surface area contributed by atoms with E-state index in [0.717, 1.165) is 20.8 Å². The molecule has 0 spiro atoms. The van der Waals surface area contributed by atoms with E-state index in [0.29, 0.717) is 17.3 Å². The summed E-state index contributed by atoms with van der Waals surface area (Å²) in [6.45, 7) is 2.08. The van der Waals surface area contributed by atoms with Gasteiger partial charge in [0.15, 0.2) is 6.61 Å². The number of fused-ring (bicyclic) bond motifs is 2. The van der Waals surface area contributed by atoms with Crippen molar-refractivity contribution in [2.24, 2.45) is 0 Å². The Kier molecular flexibility index (Phi) is 3.54. The van der Waals surface area contributed by atoms with E-state index in [1.165, 1.54) is 0 Å². The van der Waals surface area contributed by atoms with Crippen LogP contribution in [0.3, 0.4) is 0 Å². The number of benzene rings is 1. The van der Waals surface area contributed by atoms with Gasteiger partial charge < -0.3 is 15.0 Å². The van der Waals surface area contributed by atoms with E-state index in [4.69, 9.17) is 16.3 Å². The van der Waals surface area contributed by atoms with Crippen LogP contribution < -0.4 is 15.0 Å².